The predicted octanol–water partition coefficient (Wildman–Crippen LogP) is 6.44. The molecular formula is C25H18Br2N2O6. The molecule has 1 aliphatic heterocycles. The van der Waals surface area contributed by atoms with Gasteiger partial charge in [0, 0.05) is 22.2 Å². The number of benzene rings is 3. The smallest absolute Gasteiger partial charge is 0.363 e. The van der Waals surface area contributed by atoms with Gasteiger partial charge < -0.3 is 14.2 Å². The van der Waals surface area contributed by atoms with E-state index >= 15 is 0 Å². The van der Waals surface area contributed by atoms with Crippen LogP contribution in [0.5, 0.6) is 11.5 Å². The molecule has 3 aromatic carbocycles. The van der Waals surface area contributed by atoms with E-state index in [0.717, 1.165) is 4.47 Å². The Morgan fingerprint density at radius 1 is 1.09 bits per heavy atom. The van der Waals surface area contributed by atoms with Gasteiger partial charge in [-0.05, 0) is 76.5 Å². The fraction of sp³-hybridized carbons (Fsp3) is 0.120. The normalized spacial score (nSPS) is 14.0. The van der Waals surface area contributed by atoms with E-state index in [2.05, 4.69) is 36.9 Å². The van der Waals surface area contributed by atoms with Crippen molar-refractivity contribution in [2.75, 3.05) is 6.61 Å². The molecule has 1 aliphatic rings. The Hall–Kier alpha value is -3.50. The number of carbonyl (C=O) groups is 1. The fourth-order valence-electron chi connectivity index (χ4n) is 3.27. The minimum absolute atomic E-state index is 0.0105. The number of nitro benzene ring substituents is 1. The first-order valence-electron chi connectivity index (χ1n) is 10.4. The second-order valence-corrected chi connectivity index (χ2v) is 9.09. The number of nitro groups is 1. The lowest BCUT2D eigenvalue weighted by molar-refractivity contribution is -0.384. The zero-order valence-electron chi connectivity index (χ0n) is 18.4. The molecule has 1 heterocycles. The van der Waals surface area contributed by atoms with Crippen LogP contribution in [0, 0.1) is 10.1 Å². The number of nitrogens with zero attached hydrogens (tertiary/aromatic N) is 2. The van der Waals surface area contributed by atoms with Crippen LogP contribution in [0.4, 0.5) is 5.69 Å². The third kappa shape index (κ3) is 5.95. The molecule has 0 radical (unpaired) electrons. The molecule has 0 N–H and O–H groups in total. The van der Waals surface area contributed by atoms with Crippen molar-refractivity contribution in [2.45, 2.75) is 13.5 Å². The first kappa shape index (κ1) is 24.6. The minimum atomic E-state index is -0.553. The molecule has 10 heteroatoms. The fourth-order valence-corrected chi connectivity index (χ4v) is 4.11. The van der Waals surface area contributed by atoms with Gasteiger partial charge in [-0.1, -0.05) is 28.1 Å². The summed E-state index contributed by atoms with van der Waals surface area (Å²) in [6.07, 6.45) is 1.60. The summed E-state index contributed by atoms with van der Waals surface area (Å²) < 4.78 is 18.5. The molecule has 0 bridgehead atoms. The van der Waals surface area contributed by atoms with E-state index in [1.54, 1.807) is 42.5 Å². The van der Waals surface area contributed by atoms with Crippen LogP contribution < -0.4 is 9.47 Å². The van der Waals surface area contributed by atoms with Crippen molar-refractivity contribution < 1.29 is 23.9 Å². The molecule has 4 rings (SSSR count). The summed E-state index contributed by atoms with van der Waals surface area (Å²) in [5.74, 6) is 0.564. The van der Waals surface area contributed by atoms with Gasteiger partial charge in [-0.3, -0.25) is 10.1 Å². The highest BCUT2D eigenvalue weighted by Gasteiger charge is 2.24. The molecule has 35 heavy (non-hydrogen) atoms. The molecule has 0 fully saturated rings. The summed E-state index contributed by atoms with van der Waals surface area (Å²) in [5, 5.41) is 11.0. The van der Waals surface area contributed by atoms with Gasteiger partial charge in [0.05, 0.1) is 16.0 Å². The number of hydrogen-bond donors (Lipinski definition) is 0. The molecule has 0 spiro atoms. The Bertz CT molecular complexity index is 1350. The Labute approximate surface area is 217 Å². The van der Waals surface area contributed by atoms with E-state index in [-0.39, 0.29) is 23.9 Å². The minimum Gasteiger partial charge on any atom is -0.490 e. The van der Waals surface area contributed by atoms with Crippen LogP contribution in [0.25, 0.3) is 6.08 Å². The predicted molar refractivity (Wildman–Crippen MR) is 137 cm³/mol. The van der Waals surface area contributed by atoms with Gasteiger partial charge in [-0.15, -0.1) is 0 Å². The van der Waals surface area contributed by atoms with Crippen molar-refractivity contribution in [3.63, 3.8) is 0 Å². The van der Waals surface area contributed by atoms with E-state index in [1.807, 2.05) is 19.1 Å². The van der Waals surface area contributed by atoms with Crippen molar-refractivity contribution in [3.8, 4) is 11.5 Å². The summed E-state index contributed by atoms with van der Waals surface area (Å²) in [5.41, 5.74) is 2.12. The van der Waals surface area contributed by atoms with Crippen molar-refractivity contribution in [1.82, 2.24) is 0 Å². The maximum atomic E-state index is 12.4. The molecular weight excluding hydrogens is 584 g/mol. The number of cyclic esters (lactones) is 1. The van der Waals surface area contributed by atoms with Crippen LogP contribution in [0.2, 0.25) is 0 Å². The van der Waals surface area contributed by atoms with Crippen LogP contribution in [0.1, 0.15) is 23.6 Å². The number of hydrogen-bond acceptors (Lipinski definition) is 7. The summed E-state index contributed by atoms with van der Waals surface area (Å²) >= 11 is 6.87. The lowest BCUT2D eigenvalue weighted by Gasteiger charge is -2.15. The third-order valence-electron chi connectivity index (χ3n) is 4.85. The van der Waals surface area contributed by atoms with Gasteiger partial charge in [0.2, 0.25) is 5.90 Å². The number of halogens is 2. The molecule has 0 amide bonds. The van der Waals surface area contributed by atoms with Crippen LogP contribution in [0.3, 0.4) is 0 Å². The Balaban J connectivity index is 1.59. The number of non-ortho nitro benzene ring substituents is 1. The maximum absolute atomic E-state index is 12.4. The zero-order valence-corrected chi connectivity index (χ0v) is 21.5. The second-order valence-electron chi connectivity index (χ2n) is 7.32. The van der Waals surface area contributed by atoms with E-state index < -0.39 is 10.9 Å². The molecule has 3 aromatic rings. The van der Waals surface area contributed by atoms with Crippen LogP contribution in [-0.4, -0.2) is 23.4 Å². The van der Waals surface area contributed by atoms with Crippen molar-refractivity contribution in [2.24, 2.45) is 4.99 Å². The quantitative estimate of drug-likeness (QED) is 0.127. The van der Waals surface area contributed by atoms with Gasteiger partial charge in [0.15, 0.2) is 17.2 Å². The molecule has 178 valence electrons. The Kier molecular flexibility index (Phi) is 7.62. The largest absolute Gasteiger partial charge is 0.490 e. The molecule has 0 saturated carbocycles. The van der Waals surface area contributed by atoms with Gasteiger partial charge >= 0.3 is 5.97 Å². The molecule has 0 unspecified atom stereocenters. The van der Waals surface area contributed by atoms with Gasteiger partial charge in [0.25, 0.3) is 5.69 Å². The van der Waals surface area contributed by atoms with Gasteiger partial charge in [0.1, 0.15) is 6.61 Å². The number of aliphatic imine (C=N–C) groups is 1. The average Bonchev–Trinajstić information content (AvgIpc) is 3.19. The van der Waals surface area contributed by atoms with Crippen molar-refractivity contribution >= 4 is 55.5 Å². The zero-order chi connectivity index (χ0) is 24.9. The third-order valence-corrected chi connectivity index (χ3v) is 5.97. The number of esters is 1. The highest BCUT2D eigenvalue weighted by Crippen LogP contribution is 2.38. The Morgan fingerprint density at radius 3 is 2.57 bits per heavy atom. The number of carbonyl (C=O) groups excluding carboxylic acids is 1. The maximum Gasteiger partial charge on any atom is 0.363 e. The molecule has 8 nitrogen and oxygen atoms in total. The lowest BCUT2D eigenvalue weighted by atomic mass is 10.1. The molecule has 0 aliphatic carbocycles. The molecule has 0 atom stereocenters. The number of ether oxygens (including phenoxy) is 3. The highest BCUT2D eigenvalue weighted by atomic mass is 79.9. The van der Waals surface area contributed by atoms with E-state index in [4.69, 9.17) is 14.2 Å². The molecule has 0 aromatic heterocycles. The van der Waals surface area contributed by atoms with Gasteiger partial charge in [-0.2, -0.15) is 0 Å². The summed E-state index contributed by atoms with van der Waals surface area (Å²) in [6, 6.07) is 17.0. The average molecular weight is 602 g/mol. The summed E-state index contributed by atoms with van der Waals surface area (Å²) in [7, 11) is 0. The van der Waals surface area contributed by atoms with Crippen LogP contribution >= 0.6 is 31.9 Å². The van der Waals surface area contributed by atoms with Crippen molar-refractivity contribution in [1.29, 1.82) is 0 Å². The number of rotatable bonds is 8. The SMILES string of the molecule is CCOc1cc(/C=C2\N=C(c3ccc(Br)cc3)OC2=O)cc(Br)c1OCc1cccc([N+](=O)[O-])c1. The first-order valence-corrected chi connectivity index (χ1v) is 12.0. The van der Waals surface area contributed by atoms with E-state index in [9.17, 15) is 14.9 Å². The Morgan fingerprint density at radius 2 is 1.86 bits per heavy atom. The van der Waals surface area contributed by atoms with Gasteiger partial charge in [-0.25, -0.2) is 9.79 Å². The topological polar surface area (TPSA) is 100 Å². The van der Waals surface area contributed by atoms with E-state index in [1.165, 1.54) is 12.1 Å². The van der Waals surface area contributed by atoms with E-state index in [0.29, 0.717) is 39.3 Å². The summed E-state index contributed by atoms with van der Waals surface area (Å²) in [4.78, 5) is 27.3. The van der Waals surface area contributed by atoms with Crippen LogP contribution in [0.15, 0.2) is 80.3 Å². The second kappa shape index (κ2) is 10.8. The standard InChI is InChI=1S/C25H18Br2N2O6/c1-2-33-22-13-16(12-21-25(30)35-24(28-21)17-6-8-18(26)9-7-17)11-20(27)23(22)34-14-15-4-3-5-19(10-15)29(31)32/h3-13H,2,14H2,1H3/b21-12-. The highest BCUT2D eigenvalue weighted by molar-refractivity contribution is 9.10. The summed E-state index contributed by atoms with van der Waals surface area (Å²) in [6.45, 7) is 2.33. The first-order chi connectivity index (χ1) is 16.8. The van der Waals surface area contributed by atoms with Crippen molar-refractivity contribution in [3.05, 3.63) is 102 Å². The lowest BCUT2D eigenvalue weighted by Crippen LogP contribution is -2.05. The van der Waals surface area contributed by atoms with Crippen LogP contribution in [-0.2, 0) is 16.1 Å². The molecule has 0 saturated heterocycles. The monoisotopic (exact) mass is 600 g/mol.